The van der Waals surface area contributed by atoms with E-state index in [1.54, 1.807) is 0 Å². The van der Waals surface area contributed by atoms with Gasteiger partial charge in [0.2, 0.25) is 0 Å². The number of carbonyl (C=O) groups excluding carboxylic acids is 1. The summed E-state index contributed by atoms with van der Waals surface area (Å²) in [5.41, 5.74) is 6.19. The van der Waals surface area contributed by atoms with Gasteiger partial charge in [-0.3, -0.25) is 22.9 Å². The Kier molecular flexibility index (Phi) is 8.18. The third kappa shape index (κ3) is 5.63. The van der Waals surface area contributed by atoms with Gasteiger partial charge in [0.1, 0.15) is 47.6 Å². The molecular weight excluding hydrogens is 683 g/mol. The molecule has 0 saturated carbocycles. The Morgan fingerprint density at radius 3 is 2.57 bits per heavy atom. The van der Waals surface area contributed by atoms with Gasteiger partial charge in [-0.2, -0.15) is 9.49 Å². The highest BCUT2D eigenvalue weighted by atomic mass is 32.1. The second-order valence-corrected chi connectivity index (χ2v) is 14.4. The average Bonchev–Trinajstić information content (AvgIpc) is 3.75. The molecule has 0 aliphatic carbocycles. The minimum atomic E-state index is -5.10. The Balaban J connectivity index is 1.18. The number of hydrogen-bond donors (Lipinski definition) is 5. The van der Waals surface area contributed by atoms with E-state index >= 15 is 4.39 Å². The zero-order chi connectivity index (χ0) is 32.5. The summed E-state index contributed by atoms with van der Waals surface area (Å²) in [6.45, 7) is -0.804. The lowest BCUT2D eigenvalue weighted by molar-refractivity contribution is -0.127. The molecule has 0 radical (unpaired) electrons. The molecule has 4 unspecified atom stereocenters. The Bertz CT molecular complexity index is 1700. The molecule has 21 nitrogen and oxygen atoms in total. The van der Waals surface area contributed by atoms with Crippen LogP contribution >= 0.6 is 27.2 Å². The number of carbonyl (C=O) groups is 1. The number of aromatic nitrogens is 3. The van der Waals surface area contributed by atoms with Gasteiger partial charge >= 0.3 is 15.6 Å². The summed E-state index contributed by atoms with van der Waals surface area (Å²) in [5, 5.41) is 21.8. The standard InChI is InChI=1S/C21H26FN9O12P2S/c1-6-26-19-13(20(33)27-6)28-30-31(19)21-14-7(2-32)8(41-21)3-38-45(36,37)43-15-9(4-39-44(34,35)42-14)40-16(10(15)22)17-11-12(29-46-17)18(23)25-5-24-11/h5,7-10,13-16,19,21,32H,2-4H2,1H3,(H,34,35)(H,36,37)(H2,23,24,25)(H,26,27,33)/t7-,8-,9-,10-,13?,14-,15-,16-,19?,21-/m1/s1. The summed E-state index contributed by atoms with van der Waals surface area (Å²) in [6, 6.07) is -1.08. The van der Waals surface area contributed by atoms with Crippen molar-refractivity contribution in [2.45, 2.75) is 62.1 Å². The number of aliphatic hydroxyl groups excluding tert-OH is 1. The van der Waals surface area contributed by atoms with Crippen molar-refractivity contribution in [3.8, 4) is 0 Å². The maximum atomic E-state index is 16.0. The molecule has 2 aromatic rings. The number of nitrogens with one attached hydrogen (secondary N) is 1. The number of phosphoric acid groups is 2. The number of aliphatic hydroxyl groups is 1. The number of aliphatic imine (C=N–C) groups is 1. The number of ether oxygens (including phenoxy) is 2. The van der Waals surface area contributed by atoms with Crippen molar-refractivity contribution >= 4 is 55.8 Å². The third-order valence-corrected chi connectivity index (χ3v) is 10.7. The molecule has 7 heterocycles. The van der Waals surface area contributed by atoms with Crippen molar-refractivity contribution in [1.82, 2.24) is 24.7 Å². The van der Waals surface area contributed by atoms with Crippen LogP contribution in [0.4, 0.5) is 10.2 Å². The SMILES string of the molecule is CC1=NC2C(N=NN2[C@@H]2O[C@@H]3COP(=O)(O)O[C@H]4[C@@H](F)[C@H](c5snc6c(N)ncnc56)O[C@@H]4COP(=O)(O)O[C@@H]2[C@@H]3CO)C(=O)N1. The van der Waals surface area contributed by atoms with Crippen molar-refractivity contribution in [3.05, 3.63) is 11.2 Å². The van der Waals surface area contributed by atoms with E-state index in [0.717, 1.165) is 22.9 Å². The highest BCUT2D eigenvalue weighted by Gasteiger charge is 2.57. The highest BCUT2D eigenvalue weighted by Crippen LogP contribution is 2.55. The van der Waals surface area contributed by atoms with Gasteiger partial charge in [0, 0.05) is 5.92 Å². The summed E-state index contributed by atoms with van der Waals surface area (Å²) < 4.78 is 79.4. The molecule has 2 bridgehead atoms. The van der Waals surface area contributed by atoms with E-state index in [-0.39, 0.29) is 27.6 Å². The fraction of sp³-hybridized carbons (Fsp3) is 0.667. The molecular formula is C21H26FN9O12P2S. The minimum Gasteiger partial charge on any atom is -0.396 e. The molecule has 5 aliphatic rings. The second-order valence-electron chi connectivity index (χ2n) is 10.8. The first-order chi connectivity index (χ1) is 21.9. The number of hydrogen-bond acceptors (Lipinski definition) is 19. The number of phosphoric ester groups is 2. The molecule has 2 aromatic heterocycles. The molecule has 1 amide bonds. The van der Waals surface area contributed by atoms with Crippen LogP contribution in [0.15, 0.2) is 21.7 Å². The minimum absolute atomic E-state index is 0.0330. The number of halogens is 1. The molecule has 3 saturated heterocycles. The number of anilines is 1. The number of amides is 1. The van der Waals surface area contributed by atoms with E-state index in [4.69, 9.17) is 33.3 Å². The number of rotatable bonds is 3. The number of nitrogens with zero attached hydrogens (tertiary/aromatic N) is 7. The normalized spacial score (nSPS) is 42.9. The molecule has 6 N–H and O–H groups in total. The number of fused-ring (bicyclic) bond motifs is 5. The topological polar surface area (TPSA) is 284 Å². The lowest BCUT2D eigenvalue weighted by Crippen LogP contribution is -2.54. The maximum absolute atomic E-state index is 16.0. The summed E-state index contributed by atoms with van der Waals surface area (Å²) in [4.78, 5) is 46.3. The first kappa shape index (κ1) is 31.9. The zero-order valence-corrected chi connectivity index (χ0v) is 26.0. The molecule has 3 fully saturated rings. The smallest absolute Gasteiger partial charge is 0.396 e. The van der Waals surface area contributed by atoms with Gasteiger partial charge in [0.25, 0.3) is 5.91 Å². The van der Waals surface area contributed by atoms with Gasteiger partial charge in [-0.1, -0.05) is 5.22 Å². The molecule has 25 heteroatoms. The van der Waals surface area contributed by atoms with E-state index in [1.165, 1.54) is 6.92 Å². The van der Waals surface area contributed by atoms with E-state index < -0.39 is 102 Å². The van der Waals surface area contributed by atoms with Gasteiger partial charge < -0.3 is 35.4 Å². The Labute approximate surface area is 261 Å². The molecule has 46 heavy (non-hydrogen) atoms. The summed E-state index contributed by atoms with van der Waals surface area (Å²) in [7, 11) is -10.2. The molecule has 7 rings (SSSR count). The molecule has 0 aromatic carbocycles. The fourth-order valence-electron chi connectivity index (χ4n) is 5.76. The lowest BCUT2D eigenvalue weighted by atomic mass is 9.99. The third-order valence-electron chi connectivity index (χ3n) is 7.88. The average molecular weight is 710 g/mol. The van der Waals surface area contributed by atoms with E-state index in [0.29, 0.717) is 0 Å². The number of nitrogens with two attached hydrogens (primary N) is 1. The van der Waals surface area contributed by atoms with Crippen LogP contribution in [0, 0.1) is 5.92 Å². The first-order valence-electron chi connectivity index (χ1n) is 13.6. The fourth-order valence-corrected chi connectivity index (χ4v) is 8.57. The summed E-state index contributed by atoms with van der Waals surface area (Å²) in [5.74, 6) is -1.40. The maximum Gasteiger partial charge on any atom is 0.472 e. The Morgan fingerprint density at radius 2 is 1.83 bits per heavy atom. The number of alkyl halides is 1. The van der Waals surface area contributed by atoms with Crippen LogP contribution in [0.2, 0.25) is 0 Å². The molecule has 5 aliphatic heterocycles. The monoisotopic (exact) mass is 709 g/mol. The van der Waals surface area contributed by atoms with Crippen LogP contribution in [-0.4, -0.2) is 115 Å². The van der Waals surface area contributed by atoms with Crippen molar-refractivity contribution in [1.29, 1.82) is 0 Å². The first-order valence-corrected chi connectivity index (χ1v) is 17.4. The van der Waals surface area contributed by atoms with Crippen LogP contribution in [0.5, 0.6) is 0 Å². The quantitative estimate of drug-likeness (QED) is 0.256. The summed E-state index contributed by atoms with van der Waals surface area (Å²) >= 11 is 0.802. The van der Waals surface area contributed by atoms with Crippen LogP contribution in [0.3, 0.4) is 0 Å². The van der Waals surface area contributed by atoms with Crippen molar-refractivity contribution in [3.63, 3.8) is 0 Å². The number of nitrogen functional groups attached to an aromatic ring is 1. The van der Waals surface area contributed by atoms with E-state index in [1.807, 2.05) is 0 Å². The lowest BCUT2D eigenvalue weighted by Gasteiger charge is -2.33. The van der Waals surface area contributed by atoms with E-state index in [9.17, 15) is 28.8 Å². The largest absolute Gasteiger partial charge is 0.472 e. The number of amidine groups is 1. The second kappa shape index (κ2) is 11.8. The van der Waals surface area contributed by atoms with Crippen LogP contribution < -0.4 is 11.1 Å². The molecule has 0 spiro atoms. The van der Waals surface area contributed by atoms with Crippen molar-refractivity contribution in [2.75, 3.05) is 25.6 Å². The highest BCUT2D eigenvalue weighted by molar-refractivity contribution is 7.47. The van der Waals surface area contributed by atoms with Gasteiger partial charge in [-0.25, -0.2) is 33.5 Å². The summed E-state index contributed by atoms with van der Waals surface area (Å²) in [6.07, 6.45) is -11.1. The Morgan fingerprint density at radius 1 is 1.11 bits per heavy atom. The molecule has 250 valence electrons. The zero-order valence-electron chi connectivity index (χ0n) is 23.4. The van der Waals surface area contributed by atoms with Crippen LogP contribution in [0.1, 0.15) is 17.9 Å². The van der Waals surface area contributed by atoms with Gasteiger partial charge in [0.15, 0.2) is 30.4 Å². The van der Waals surface area contributed by atoms with Gasteiger partial charge in [-0.05, 0) is 18.5 Å². The Hall–Kier alpha value is -2.66. The van der Waals surface area contributed by atoms with Crippen LogP contribution in [0.25, 0.3) is 11.0 Å². The van der Waals surface area contributed by atoms with Crippen LogP contribution in [-0.2, 0) is 41.5 Å². The van der Waals surface area contributed by atoms with Gasteiger partial charge in [-0.15, -0.1) is 0 Å². The van der Waals surface area contributed by atoms with Crippen molar-refractivity contribution < 1.29 is 60.8 Å². The predicted octanol–water partition coefficient (Wildman–Crippen LogP) is -0.276. The predicted molar refractivity (Wildman–Crippen MR) is 148 cm³/mol. The van der Waals surface area contributed by atoms with Crippen molar-refractivity contribution in [2.24, 2.45) is 21.2 Å². The van der Waals surface area contributed by atoms with Gasteiger partial charge in [0.05, 0.1) is 30.8 Å². The molecule has 12 atom stereocenters. The van der Waals surface area contributed by atoms with E-state index in [2.05, 4.69) is 35.0 Å².